The molecule has 0 radical (unpaired) electrons. The first kappa shape index (κ1) is 55.3. The van der Waals surface area contributed by atoms with Crippen LogP contribution in [-0.4, -0.2) is 37.9 Å². The first-order chi connectivity index (χ1) is 28.6. The van der Waals surface area contributed by atoms with Gasteiger partial charge in [0.2, 0.25) is 0 Å². The van der Waals surface area contributed by atoms with Gasteiger partial charge in [-0.2, -0.15) is 0 Å². The molecule has 0 aromatic heterocycles. The van der Waals surface area contributed by atoms with Gasteiger partial charge in [0.15, 0.2) is 6.10 Å². The van der Waals surface area contributed by atoms with E-state index in [-0.39, 0.29) is 25.2 Å². The lowest BCUT2D eigenvalue weighted by molar-refractivity contribution is -0.163. The fourth-order valence-corrected chi connectivity index (χ4v) is 6.66. The quantitative estimate of drug-likeness (QED) is 0.0348. The highest BCUT2D eigenvalue weighted by atomic mass is 16.6. The highest BCUT2D eigenvalue weighted by Gasteiger charge is 2.17. The standard InChI is InChI=1S/C53H92O5/c1-4-7-10-13-16-19-22-25-26-27-30-33-36-39-42-45-48-56-49-51(58-53(55)47-44-41-38-35-32-29-24-21-18-15-12-9-6-3)50-57-52(54)46-43-40-37-34-31-28-23-20-17-14-11-8-5-2/h7-8,10-11,16-17,19-20,25-26,28,31,51H,4-6,9,12-15,18,21-24,27,29-30,32-50H2,1-3H3/b10-7-,11-8-,19-16-,20-17-,26-25-,31-28-. The highest BCUT2D eigenvalue weighted by Crippen LogP contribution is 2.14. The predicted molar refractivity (Wildman–Crippen MR) is 251 cm³/mol. The van der Waals surface area contributed by atoms with Gasteiger partial charge in [0.25, 0.3) is 0 Å². The molecule has 0 heterocycles. The first-order valence-corrected chi connectivity index (χ1v) is 24.5. The second-order valence-electron chi connectivity index (χ2n) is 16.0. The summed E-state index contributed by atoms with van der Waals surface area (Å²) >= 11 is 0. The average Bonchev–Trinajstić information content (AvgIpc) is 3.22. The van der Waals surface area contributed by atoms with Gasteiger partial charge in [-0.05, 0) is 83.5 Å². The van der Waals surface area contributed by atoms with Crippen molar-refractivity contribution in [3.8, 4) is 0 Å². The van der Waals surface area contributed by atoms with Crippen molar-refractivity contribution in [1.29, 1.82) is 0 Å². The molecule has 0 N–H and O–H groups in total. The van der Waals surface area contributed by atoms with E-state index in [4.69, 9.17) is 14.2 Å². The van der Waals surface area contributed by atoms with Gasteiger partial charge in [0.1, 0.15) is 6.61 Å². The van der Waals surface area contributed by atoms with Crippen molar-refractivity contribution in [2.24, 2.45) is 0 Å². The van der Waals surface area contributed by atoms with Crippen LogP contribution in [0.3, 0.4) is 0 Å². The summed E-state index contributed by atoms with van der Waals surface area (Å²) < 4.78 is 17.3. The minimum atomic E-state index is -0.554. The SMILES string of the molecule is CC/C=C\C/C=C\C/C=C\CCCCCCCCOCC(COC(=O)CCCCC/C=C\C/C=C\C/C=C\CC)OC(=O)CCCCCCCCCCCCCCC. The van der Waals surface area contributed by atoms with E-state index in [9.17, 15) is 9.59 Å². The van der Waals surface area contributed by atoms with E-state index < -0.39 is 6.10 Å². The molecule has 0 aliphatic rings. The number of hydrogen-bond acceptors (Lipinski definition) is 5. The molecule has 1 atom stereocenters. The zero-order valence-electron chi connectivity index (χ0n) is 38.3. The number of esters is 2. The number of allylic oxidation sites excluding steroid dienone is 12. The molecule has 5 heteroatoms. The fourth-order valence-electron chi connectivity index (χ4n) is 6.66. The summed E-state index contributed by atoms with van der Waals surface area (Å²) in [6.45, 7) is 7.55. The summed E-state index contributed by atoms with van der Waals surface area (Å²) in [5.74, 6) is -0.436. The maximum atomic E-state index is 12.8. The normalized spacial score (nSPS) is 12.8. The molecule has 0 aliphatic carbocycles. The Morgan fingerprint density at radius 2 is 0.776 bits per heavy atom. The van der Waals surface area contributed by atoms with Crippen molar-refractivity contribution >= 4 is 11.9 Å². The number of ether oxygens (including phenoxy) is 3. The van der Waals surface area contributed by atoms with Gasteiger partial charge in [-0.25, -0.2) is 0 Å². The molecule has 0 spiro atoms. The lowest BCUT2D eigenvalue weighted by Crippen LogP contribution is -2.30. The Bertz CT molecular complexity index is 1050. The second-order valence-corrected chi connectivity index (χ2v) is 16.0. The molecule has 58 heavy (non-hydrogen) atoms. The average molecular weight is 809 g/mol. The number of hydrogen-bond donors (Lipinski definition) is 0. The Balaban J connectivity index is 4.32. The maximum Gasteiger partial charge on any atom is 0.306 e. The summed E-state index contributed by atoms with van der Waals surface area (Å²) in [5, 5.41) is 0. The van der Waals surface area contributed by atoms with Crippen LogP contribution in [0.2, 0.25) is 0 Å². The molecular formula is C53H92O5. The van der Waals surface area contributed by atoms with Crippen LogP contribution in [0, 0.1) is 0 Å². The molecular weight excluding hydrogens is 717 g/mol. The van der Waals surface area contributed by atoms with Crippen molar-refractivity contribution in [1.82, 2.24) is 0 Å². The third-order valence-corrected chi connectivity index (χ3v) is 10.2. The topological polar surface area (TPSA) is 61.8 Å². The molecule has 0 aliphatic heterocycles. The molecule has 0 saturated carbocycles. The lowest BCUT2D eigenvalue weighted by atomic mass is 10.0. The minimum absolute atomic E-state index is 0.0642. The third-order valence-electron chi connectivity index (χ3n) is 10.2. The van der Waals surface area contributed by atoms with Crippen LogP contribution in [0.4, 0.5) is 0 Å². The molecule has 0 saturated heterocycles. The van der Waals surface area contributed by atoms with E-state index in [0.717, 1.165) is 96.3 Å². The summed E-state index contributed by atoms with van der Waals surface area (Å²) in [4.78, 5) is 25.3. The molecule has 0 aromatic carbocycles. The summed E-state index contributed by atoms with van der Waals surface area (Å²) in [5.41, 5.74) is 0. The van der Waals surface area contributed by atoms with E-state index in [1.807, 2.05) is 0 Å². The van der Waals surface area contributed by atoms with Gasteiger partial charge in [-0.1, -0.05) is 203 Å². The summed E-state index contributed by atoms with van der Waals surface area (Å²) in [7, 11) is 0. The Labute approximate surface area is 359 Å². The Hall–Kier alpha value is -2.66. The van der Waals surface area contributed by atoms with Gasteiger partial charge >= 0.3 is 11.9 Å². The van der Waals surface area contributed by atoms with Crippen molar-refractivity contribution in [2.75, 3.05) is 19.8 Å². The molecule has 0 rings (SSSR count). The summed E-state index contributed by atoms with van der Waals surface area (Å²) in [6, 6.07) is 0. The zero-order chi connectivity index (χ0) is 42.1. The van der Waals surface area contributed by atoms with Gasteiger partial charge in [-0.15, -0.1) is 0 Å². The molecule has 0 amide bonds. The smallest absolute Gasteiger partial charge is 0.306 e. The molecule has 0 bridgehead atoms. The van der Waals surface area contributed by atoms with Crippen LogP contribution >= 0.6 is 0 Å². The van der Waals surface area contributed by atoms with E-state index >= 15 is 0 Å². The maximum absolute atomic E-state index is 12.8. The number of carbonyl (C=O) groups excluding carboxylic acids is 2. The van der Waals surface area contributed by atoms with Crippen LogP contribution in [-0.2, 0) is 23.8 Å². The van der Waals surface area contributed by atoms with Crippen molar-refractivity contribution in [3.05, 3.63) is 72.9 Å². The van der Waals surface area contributed by atoms with Crippen LogP contribution < -0.4 is 0 Å². The number of carbonyl (C=O) groups is 2. The Kier molecular flexibility index (Phi) is 46.5. The summed E-state index contributed by atoms with van der Waals surface area (Å²) in [6.07, 6.45) is 61.9. The molecule has 1 unspecified atom stereocenters. The van der Waals surface area contributed by atoms with Crippen molar-refractivity contribution in [3.63, 3.8) is 0 Å². The van der Waals surface area contributed by atoms with E-state index in [2.05, 4.69) is 93.7 Å². The minimum Gasteiger partial charge on any atom is -0.462 e. The van der Waals surface area contributed by atoms with Crippen LogP contribution in [0.1, 0.15) is 226 Å². The van der Waals surface area contributed by atoms with E-state index in [0.29, 0.717) is 19.4 Å². The number of rotatable bonds is 44. The second kappa shape index (κ2) is 48.7. The van der Waals surface area contributed by atoms with Crippen molar-refractivity contribution < 1.29 is 23.8 Å². The lowest BCUT2D eigenvalue weighted by Gasteiger charge is -2.18. The monoisotopic (exact) mass is 809 g/mol. The highest BCUT2D eigenvalue weighted by molar-refractivity contribution is 5.70. The Morgan fingerprint density at radius 1 is 0.397 bits per heavy atom. The first-order valence-electron chi connectivity index (χ1n) is 24.5. The van der Waals surface area contributed by atoms with Gasteiger partial charge in [-0.3, -0.25) is 9.59 Å². The van der Waals surface area contributed by atoms with E-state index in [1.165, 1.54) is 96.3 Å². The van der Waals surface area contributed by atoms with Gasteiger partial charge in [0.05, 0.1) is 6.61 Å². The predicted octanol–water partition coefficient (Wildman–Crippen LogP) is 16.3. The molecule has 0 fully saturated rings. The van der Waals surface area contributed by atoms with Crippen LogP contribution in [0.5, 0.6) is 0 Å². The Morgan fingerprint density at radius 3 is 1.26 bits per heavy atom. The van der Waals surface area contributed by atoms with Crippen LogP contribution in [0.15, 0.2) is 72.9 Å². The largest absolute Gasteiger partial charge is 0.462 e. The van der Waals surface area contributed by atoms with Crippen molar-refractivity contribution in [2.45, 2.75) is 232 Å². The number of unbranched alkanes of at least 4 members (excludes halogenated alkanes) is 21. The molecule has 334 valence electrons. The molecule has 0 aromatic rings. The fraction of sp³-hybridized carbons (Fsp3) is 0.736. The van der Waals surface area contributed by atoms with Crippen LogP contribution in [0.25, 0.3) is 0 Å². The van der Waals surface area contributed by atoms with Gasteiger partial charge < -0.3 is 14.2 Å². The molecule has 5 nitrogen and oxygen atoms in total. The van der Waals surface area contributed by atoms with Gasteiger partial charge in [0, 0.05) is 19.4 Å². The van der Waals surface area contributed by atoms with E-state index in [1.54, 1.807) is 0 Å². The zero-order valence-corrected chi connectivity index (χ0v) is 38.3. The third kappa shape index (κ3) is 46.0.